The second-order valence-corrected chi connectivity index (χ2v) is 7.34. The van der Waals surface area contributed by atoms with Gasteiger partial charge >= 0.3 is 0 Å². The van der Waals surface area contributed by atoms with Crippen LogP contribution < -0.4 is 5.32 Å². The fraction of sp³-hybridized carbons (Fsp3) is 1.00. The third kappa shape index (κ3) is 5.58. The van der Waals surface area contributed by atoms with Crippen molar-refractivity contribution in [3.8, 4) is 0 Å². The number of hydrogen-bond acceptors (Lipinski definition) is 2. The Morgan fingerprint density at radius 2 is 2.06 bits per heavy atom. The molecule has 1 rings (SSSR count). The molecule has 2 heteroatoms. The number of rotatable bonds is 6. The van der Waals surface area contributed by atoms with Crippen LogP contribution in [0.2, 0.25) is 0 Å². The molecule has 1 saturated carbocycles. The highest BCUT2D eigenvalue weighted by atomic mass is 32.2. The van der Waals surface area contributed by atoms with Crippen molar-refractivity contribution in [1.29, 1.82) is 0 Å². The first-order chi connectivity index (χ1) is 7.53. The van der Waals surface area contributed by atoms with Gasteiger partial charge in [0.05, 0.1) is 0 Å². The van der Waals surface area contributed by atoms with Gasteiger partial charge in [-0.05, 0) is 39.0 Å². The lowest BCUT2D eigenvalue weighted by Crippen LogP contribution is -2.39. The summed E-state index contributed by atoms with van der Waals surface area (Å²) in [6.45, 7) is 10.4. The van der Waals surface area contributed by atoms with Crippen LogP contribution in [0.15, 0.2) is 0 Å². The maximum absolute atomic E-state index is 3.64. The van der Waals surface area contributed by atoms with Crippen LogP contribution in [0.4, 0.5) is 0 Å². The van der Waals surface area contributed by atoms with Gasteiger partial charge in [-0.15, -0.1) is 0 Å². The quantitative estimate of drug-likeness (QED) is 0.706. The summed E-state index contributed by atoms with van der Waals surface area (Å²) < 4.78 is 0. The summed E-state index contributed by atoms with van der Waals surface area (Å²) in [7, 11) is 0. The van der Waals surface area contributed by atoms with Crippen LogP contribution in [0, 0.1) is 5.92 Å². The van der Waals surface area contributed by atoms with E-state index in [0.29, 0.717) is 5.54 Å². The molecule has 0 aliphatic heterocycles. The molecule has 0 aromatic rings. The first kappa shape index (κ1) is 14.4. The molecule has 2 atom stereocenters. The first-order valence-corrected chi connectivity index (χ1v) is 7.95. The molecule has 1 nitrogen and oxygen atoms in total. The fourth-order valence-electron chi connectivity index (χ4n) is 2.27. The molecule has 0 heterocycles. The Balaban J connectivity index is 2.06. The molecule has 96 valence electrons. The highest BCUT2D eigenvalue weighted by Gasteiger charge is 2.19. The zero-order chi connectivity index (χ0) is 12.0. The molecule has 0 saturated heterocycles. The van der Waals surface area contributed by atoms with E-state index in [4.69, 9.17) is 0 Å². The predicted octanol–water partition coefficient (Wildman–Crippen LogP) is 4.08. The van der Waals surface area contributed by atoms with Gasteiger partial charge in [0.1, 0.15) is 0 Å². The number of thioether (sulfide) groups is 1. The molecule has 1 fully saturated rings. The molecule has 1 aliphatic rings. The average Bonchev–Trinajstić information content (AvgIpc) is 2.25. The van der Waals surface area contributed by atoms with Crippen LogP contribution in [0.5, 0.6) is 0 Å². The summed E-state index contributed by atoms with van der Waals surface area (Å²) in [5.74, 6) is 2.24. The van der Waals surface area contributed by atoms with Crippen LogP contribution in [0.25, 0.3) is 0 Å². The van der Waals surface area contributed by atoms with Gasteiger partial charge < -0.3 is 5.32 Å². The number of nitrogens with one attached hydrogen (secondary N) is 1. The average molecular weight is 243 g/mol. The van der Waals surface area contributed by atoms with E-state index in [2.05, 4.69) is 44.8 Å². The molecule has 16 heavy (non-hydrogen) atoms. The topological polar surface area (TPSA) is 12.0 Å². The van der Waals surface area contributed by atoms with Crippen molar-refractivity contribution in [3.63, 3.8) is 0 Å². The van der Waals surface area contributed by atoms with Gasteiger partial charge in [-0.1, -0.05) is 26.7 Å². The molecule has 0 radical (unpaired) electrons. The second-order valence-electron chi connectivity index (χ2n) is 5.93. The minimum Gasteiger partial charge on any atom is -0.311 e. The van der Waals surface area contributed by atoms with Crippen molar-refractivity contribution in [3.05, 3.63) is 0 Å². The predicted molar refractivity (Wildman–Crippen MR) is 76.3 cm³/mol. The Kier molecular flexibility index (Phi) is 6.20. The van der Waals surface area contributed by atoms with Crippen molar-refractivity contribution in [1.82, 2.24) is 5.32 Å². The Labute approximate surface area is 106 Å². The van der Waals surface area contributed by atoms with E-state index in [9.17, 15) is 0 Å². The van der Waals surface area contributed by atoms with Gasteiger partial charge in [0.2, 0.25) is 0 Å². The van der Waals surface area contributed by atoms with Crippen LogP contribution in [0.3, 0.4) is 0 Å². The smallest absolute Gasteiger partial charge is 0.0122 e. The Morgan fingerprint density at radius 1 is 1.31 bits per heavy atom. The van der Waals surface area contributed by atoms with E-state index in [1.807, 2.05) is 0 Å². The zero-order valence-electron chi connectivity index (χ0n) is 11.5. The van der Waals surface area contributed by atoms with Crippen LogP contribution in [-0.2, 0) is 0 Å². The summed E-state index contributed by atoms with van der Waals surface area (Å²) in [5, 5.41) is 4.58. The van der Waals surface area contributed by atoms with Gasteiger partial charge in [0.15, 0.2) is 0 Å². The lowest BCUT2D eigenvalue weighted by atomic mass is 9.91. The maximum Gasteiger partial charge on any atom is 0.0122 e. The molecular formula is C14H29NS. The molecule has 0 amide bonds. The van der Waals surface area contributed by atoms with Crippen LogP contribution in [0.1, 0.15) is 59.8 Å². The second kappa shape index (κ2) is 6.90. The Bertz CT molecular complexity index is 191. The fourth-order valence-corrected chi connectivity index (χ4v) is 3.62. The molecule has 1 N–H and O–H groups in total. The molecule has 0 bridgehead atoms. The number of hydrogen-bond donors (Lipinski definition) is 1. The summed E-state index contributed by atoms with van der Waals surface area (Å²) in [6, 6.07) is 0. The first-order valence-electron chi connectivity index (χ1n) is 6.90. The van der Waals surface area contributed by atoms with Gasteiger partial charge in [-0.25, -0.2) is 0 Å². The third-order valence-electron chi connectivity index (χ3n) is 3.83. The van der Waals surface area contributed by atoms with Crippen LogP contribution in [-0.4, -0.2) is 23.1 Å². The summed E-state index contributed by atoms with van der Waals surface area (Å²) >= 11 is 2.19. The molecular weight excluding hydrogens is 214 g/mol. The van der Waals surface area contributed by atoms with E-state index in [1.165, 1.54) is 37.9 Å². The van der Waals surface area contributed by atoms with E-state index < -0.39 is 0 Å². The Hall–Kier alpha value is 0.310. The Morgan fingerprint density at radius 3 is 2.69 bits per heavy atom. The standard InChI is InChI=1S/C14H29NS/c1-5-14(3,4)15-9-10-16-13-8-6-7-12(2)11-13/h12-13,15H,5-11H2,1-4H3. The van der Waals surface area contributed by atoms with Gasteiger partial charge in [-0.2, -0.15) is 11.8 Å². The van der Waals surface area contributed by atoms with E-state index in [1.54, 1.807) is 0 Å². The zero-order valence-corrected chi connectivity index (χ0v) is 12.3. The van der Waals surface area contributed by atoms with Crippen LogP contribution >= 0.6 is 11.8 Å². The van der Waals surface area contributed by atoms with E-state index in [-0.39, 0.29) is 0 Å². The minimum absolute atomic E-state index is 0.320. The normalized spacial score (nSPS) is 27.0. The van der Waals surface area contributed by atoms with Gasteiger partial charge in [0.25, 0.3) is 0 Å². The lowest BCUT2D eigenvalue weighted by molar-refractivity contribution is 0.385. The van der Waals surface area contributed by atoms with E-state index in [0.717, 1.165) is 17.7 Å². The van der Waals surface area contributed by atoms with Crippen molar-refractivity contribution < 1.29 is 0 Å². The molecule has 1 aliphatic carbocycles. The highest BCUT2D eigenvalue weighted by Crippen LogP contribution is 2.31. The van der Waals surface area contributed by atoms with Crippen molar-refractivity contribution in [2.45, 2.75) is 70.6 Å². The molecule has 0 aromatic heterocycles. The highest BCUT2D eigenvalue weighted by molar-refractivity contribution is 7.99. The molecule has 0 aromatic carbocycles. The molecule has 0 spiro atoms. The third-order valence-corrected chi connectivity index (χ3v) is 5.17. The maximum atomic E-state index is 3.64. The lowest BCUT2D eigenvalue weighted by Gasteiger charge is -2.28. The van der Waals surface area contributed by atoms with Crippen molar-refractivity contribution in [2.24, 2.45) is 5.92 Å². The SMILES string of the molecule is CCC(C)(C)NCCSC1CCCC(C)C1. The van der Waals surface area contributed by atoms with Gasteiger partial charge in [0, 0.05) is 23.1 Å². The van der Waals surface area contributed by atoms with Gasteiger partial charge in [-0.3, -0.25) is 0 Å². The summed E-state index contributed by atoms with van der Waals surface area (Å²) in [4.78, 5) is 0. The minimum atomic E-state index is 0.320. The summed E-state index contributed by atoms with van der Waals surface area (Å²) in [6.07, 6.45) is 7.01. The van der Waals surface area contributed by atoms with Crippen molar-refractivity contribution in [2.75, 3.05) is 12.3 Å². The van der Waals surface area contributed by atoms with E-state index >= 15 is 0 Å². The molecule has 2 unspecified atom stereocenters. The van der Waals surface area contributed by atoms with Crippen molar-refractivity contribution >= 4 is 11.8 Å². The summed E-state index contributed by atoms with van der Waals surface area (Å²) in [5.41, 5.74) is 0.320. The monoisotopic (exact) mass is 243 g/mol. The largest absolute Gasteiger partial charge is 0.311 e.